The lowest BCUT2D eigenvalue weighted by Gasteiger charge is -2.36. The van der Waals surface area contributed by atoms with Gasteiger partial charge in [-0.15, -0.1) is 0 Å². The molecule has 2 unspecified atom stereocenters. The number of allylic oxidation sites excluding steroid dienone is 3. The van der Waals surface area contributed by atoms with Crippen LogP contribution in [0.2, 0.25) is 0 Å². The molecular formula is C28H30FNO6. The van der Waals surface area contributed by atoms with E-state index in [1.807, 2.05) is 18.2 Å². The molecule has 8 heteroatoms. The van der Waals surface area contributed by atoms with Gasteiger partial charge in [-0.3, -0.25) is 4.79 Å². The van der Waals surface area contributed by atoms with Gasteiger partial charge in [0.05, 0.1) is 32.3 Å². The van der Waals surface area contributed by atoms with E-state index in [0.717, 1.165) is 5.56 Å². The second-order valence-electron chi connectivity index (χ2n) is 8.78. The number of benzene rings is 2. The molecule has 0 amide bonds. The summed E-state index contributed by atoms with van der Waals surface area (Å²) < 4.78 is 36.2. The summed E-state index contributed by atoms with van der Waals surface area (Å²) >= 11 is 0. The van der Waals surface area contributed by atoms with E-state index in [9.17, 15) is 9.59 Å². The first-order valence-corrected chi connectivity index (χ1v) is 11.8. The van der Waals surface area contributed by atoms with Gasteiger partial charge in [-0.1, -0.05) is 24.3 Å². The SMILES string of the molecule is COCCOC(=O)C1=C(C)NC2=C(C(=O)CC(c3ccc(OC)c(OC)c3)C2)C1c1ccccc1F. The summed E-state index contributed by atoms with van der Waals surface area (Å²) in [5, 5.41) is 3.27. The fourth-order valence-electron chi connectivity index (χ4n) is 4.97. The van der Waals surface area contributed by atoms with Crippen LogP contribution in [0.4, 0.5) is 4.39 Å². The van der Waals surface area contributed by atoms with Crippen molar-refractivity contribution in [2.24, 2.45) is 0 Å². The Hall–Kier alpha value is -3.65. The maximum Gasteiger partial charge on any atom is 0.336 e. The molecule has 0 spiro atoms. The van der Waals surface area contributed by atoms with Crippen molar-refractivity contribution in [3.8, 4) is 11.5 Å². The van der Waals surface area contributed by atoms with Gasteiger partial charge in [0.25, 0.3) is 0 Å². The number of Topliss-reactive ketones (excluding diaryl/α,β-unsaturated/α-hetero) is 1. The summed E-state index contributed by atoms with van der Waals surface area (Å²) in [4.78, 5) is 26.8. The summed E-state index contributed by atoms with van der Waals surface area (Å²) in [6.07, 6.45) is 0.733. The number of carbonyl (C=O) groups is 2. The van der Waals surface area contributed by atoms with Crippen LogP contribution in [0.15, 0.2) is 65.0 Å². The Morgan fingerprint density at radius 3 is 2.47 bits per heavy atom. The number of hydrogen-bond acceptors (Lipinski definition) is 7. The molecule has 0 aromatic heterocycles. The van der Waals surface area contributed by atoms with Crippen LogP contribution >= 0.6 is 0 Å². The predicted octanol–water partition coefficient (Wildman–Crippen LogP) is 4.39. The molecule has 2 aromatic rings. The van der Waals surface area contributed by atoms with Crippen LogP contribution in [0, 0.1) is 5.82 Å². The van der Waals surface area contributed by atoms with Gasteiger partial charge in [0.15, 0.2) is 17.3 Å². The molecule has 7 nitrogen and oxygen atoms in total. The topological polar surface area (TPSA) is 83.1 Å². The maximum atomic E-state index is 15.1. The molecule has 0 bridgehead atoms. The van der Waals surface area contributed by atoms with Crippen molar-refractivity contribution in [3.05, 3.63) is 81.9 Å². The zero-order chi connectivity index (χ0) is 25.8. The Labute approximate surface area is 209 Å². The second kappa shape index (κ2) is 11.0. The molecule has 2 atom stereocenters. The third-order valence-electron chi connectivity index (χ3n) is 6.66. The molecule has 1 heterocycles. The van der Waals surface area contributed by atoms with Crippen LogP contribution in [0.1, 0.15) is 42.7 Å². The standard InChI is InChI=1S/C28H30FNO6/c1-16-25(28(32)36-12-11-33-2)26(19-7-5-6-8-20(19)29)27-21(30-16)13-18(14-22(27)31)17-9-10-23(34-3)24(15-17)35-4/h5-10,15,18,26,30H,11-14H2,1-4H3. The minimum atomic E-state index is -0.864. The van der Waals surface area contributed by atoms with Gasteiger partial charge in [-0.05, 0) is 43.0 Å². The van der Waals surface area contributed by atoms with E-state index >= 15 is 4.39 Å². The zero-order valence-electron chi connectivity index (χ0n) is 20.9. The molecule has 1 aliphatic carbocycles. The Kier molecular flexibility index (Phi) is 7.74. The monoisotopic (exact) mass is 495 g/mol. The summed E-state index contributed by atoms with van der Waals surface area (Å²) in [5.74, 6) is -1.03. The summed E-state index contributed by atoms with van der Waals surface area (Å²) in [6.45, 7) is 2.03. The number of ketones is 1. The molecule has 0 radical (unpaired) electrons. The third kappa shape index (κ3) is 4.86. The van der Waals surface area contributed by atoms with Gasteiger partial charge in [0, 0.05) is 36.1 Å². The van der Waals surface area contributed by atoms with Gasteiger partial charge in [-0.2, -0.15) is 0 Å². The van der Waals surface area contributed by atoms with E-state index in [0.29, 0.717) is 34.9 Å². The van der Waals surface area contributed by atoms with E-state index in [-0.39, 0.29) is 42.5 Å². The van der Waals surface area contributed by atoms with E-state index in [4.69, 9.17) is 18.9 Å². The number of halogens is 1. The molecule has 2 aliphatic rings. The van der Waals surface area contributed by atoms with Crippen LogP contribution in [-0.2, 0) is 19.1 Å². The van der Waals surface area contributed by atoms with Crippen molar-refractivity contribution in [2.45, 2.75) is 31.6 Å². The van der Waals surface area contributed by atoms with Crippen LogP contribution in [0.25, 0.3) is 0 Å². The summed E-state index contributed by atoms with van der Waals surface area (Å²) in [6, 6.07) is 11.8. The van der Waals surface area contributed by atoms with Crippen LogP contribution in [0.5, 0.6) is 11.5 Å². The van der Waals surface area contributed by atoms with Crippen molar-refractivity contribution in [3.63, 3.8) is 0 Å². The van der Waals surface area contributed by atoms with E-state index in [1.165, 1.54) is 13.2 Å². The summed E-state index contributed by atoms with van der Waals surface area (Å²) in [5.41, 5.74) is 3.05. The van der Waals surface area contributed by atoms with E-state index in [2.05, 4.69) is 5.32 Å². The highest BCUT2D eigenvalue weighted by Gasteiger charge is 2.42. The number of hydrogen-bond donors (Lipinski definition) is 1. The number of nitrogens with one attached hydrogen (secondary N) is 1. The van der Waals surface area contributed by atoms with Gasteiger partial charge in [0.1, 0.15) is 12.4 Å². The Bertz CT molecular complexity index is 1230. The Morgan fingerprint density at radius 2 is 1.78 bits per heavy atom. The quantitative estimate of drug-likeness (QED) is 0.430. The molecule has 1 N–H and O–H groups in total. The average Bonchev–Trinajstić information content (AvgIpc) is 2.87. The highest BCUT2D eigenvalue weighted by molar-refractivity contribution is 6.04. The molecule has 0 fully saturated rings. The molecule has 0 saturated heterocycles. The minimum Gasteiger partial charge on any atom is -0.493 e. The molecule has 1 aliphatic heterocycles. The lowest BCUT2D eigenvalue weighted by atomic mass is 9.71. The minimum absolute atomic E-state index is 0.0529. The van der Waals surface area contributed by atoms with E-state index in [1.54, 1.807) is 39.3 Å². The first kappa shape index (κ1) is 25.4. The highest BCUT2D eigenvalue weighted by atomic mass is 19.1. The van der Waals surface area contributed by atoms with Gasteiger partial charge in [-0.25, -0.2) is 9.18 Å². The molecule has 2 aromatic carbocycles. The zero-order valence-corrected chi connectivity index (χ0v) is 20.9. The summed E-state index contributed by atoms with van der Waals surface area (Å²) in [7, 11) is 4.65. The Balaban J connectivity index is 1.75. The number of dihydropyridines is 1. The number of rotatable bonds is 8. The number of methoxy groups -OCH3 is 3. The number of ether oxygens (including phenoxy) is 4. The lowest BCUT2D eigenvalue weighted by molar-refractivity contribution is -0.140. The van der Waals surface area contributed by atoms with Crippen LogP contribution in [-0.4, -0.2) is 46.3 Å². The average molecular weight is 496 g/mol. The first-order valence-electron chi connectivity index (χ1n) is 11.8. The normalized spacial score (nSPS) is 19.5. The molecule has 190 valence electrons. The van der Waals surface area contributed by atoms with Crippen LogP contribution in [0.3, 0.4) is 0 Å². The molecule has 36 heavy (non-hydrogen) atoms. The number of esters is 1. The fourth-order valence-corrected chi connectivity index (χ4v) is 4.97. The van der Waals surface area contributed by atoms with Crippen molar-refractivity contribution >= 4 is 11.8 Å². The number of carbonyl (C=O) groups excluding carboxylic acids is 2. The van der Waals surface area contributed by atoms with E-state index < -0.39 is 17.7 Å². The Morgan fingerprint density at radius 1 is 1.03 bits per heavy atom. The molecular weight excluding hydrogens is 465 g/mol. The predicted molar refractivity (Wildman–Crippen MR) is 131 cm³/mol. The molecule has 4 rings (SSSR count). The van der Waals surface area contributed by atoms with Crippen molar-refractivity contribution in [1.29, 1.82) is 0 Å². The van der Waals surface area contributed by atoms with Crippen LogP contribution < -0.4 is 14.8 Å². The van der Waals surface area contributed by atoms with Crippen molar-refractivity contribution in [1.82, 2.24) is 5.32 Å². The van der Waals surface area contributed by atoms with Gasteiger partial charge < -0.3 is 24.3 Å². The molecule has 0 saturated carbocycles. The second-order valence-corrected chi connectivity index (χ2v) is 8.78. The van der Waals surface area contributed by atoms with Crippen molar-refractivity contribution < 1.29 is 32.9 Å². The smallest absolute Gasteiger partial charge is 0.336 e. The first-order chi connectivity index (χ1) is 17.4. The van der Waals surface area contributed by atoms with Gasteiger partial charge in [0.2, 0.25) is 0 Å². The van der Waals surface area contributed by atoms with Crippen molar-refractivity contribution in [2.75, 3.05) is 34.5 Å². The highest BCUT2D eigenvalue weighted by Crippen LogP contribution is 2.47. The maximum absolute atomic E-state index is 15.1. The largest absolute Gasteiger partial charge is 0.493 e. The lowest BCUT2D eigenvalue weighted by Crippen LogP contribution is -2.36. The third-order valence-corrected chi connectivity index (χ3v) is 6.66. The fraction of sp³-hybridized carbons (Fsp3) is 0.357. The van der Waals surface area contributed by atoms with Gasteiger partial charge >= 0.3 is 5.97 Å².